The third-order valence-corrected chi connectivity index (χ3v) is 2.23. The summed E-state index contributed by atoms with van der Waals surface area (Å²) < 4.78 is 4.95. The summed E-state index contributed by atoms with van der Waals surface area (Å²) in [5, 5.41) is 3.24. The van der Waals surface area contributed by atoms with Crippen LogP contribution in [-0.2, 0) is 11.3 Å². The average molecular weight is 233 g/mol. The van der Waals surface area contributed by atoms with Crippen LogP contribution in [0.2, 0.25) is 0 Å². The highest BCUT2D eigenvalue weighted by Crippen LogP contribution is 2.10. The molecule has 0 spiro atoms. The van der Waals surface area contributed by atoms with Gasteiger partial charge in [0.1, 0.15) is 5.69 Å². The molecule has 0 atom stereocenters. The van der Waals surface area contributed by atoms with E-state index in [0.717, 1.165) is 30.3 Å². The van der Waals surface area contributed by atoms with Crippen molar-refractivity contribution in [2.24, 2.45) is 0 Å². The first-order valence-electron chi connectivity index (χ1n) is 5.40. The topological polar surface area (TPSA) is 75.7 Å². The van der Waals surface area contributed by atoms with Crippen LogP contribution in [0.5, 0.6) is 0 Å². The van der Waals surface area contributed by atoms with Crippen molar-refractivity contribution in [2.45, 2.75) is 6.54 Å². The van der Waals surface area contributed by atoms with Gasteiger partial charge in [-0.05, 0) is 0 Å². The molecular weight excluding hydrogens is 218 g/mol. The van der Waals surface area contributed by atoms with Gasteiger partial charge in [-0.1, -0.05) is 0 Å². The molecule has 2 rings (SSSR count). The molecule has 0 unspecified atom stereocenters. The summed E-state index contributed by atoms with van der Waals surface area (Å²) in [5.74, 6) is 0.738. The van der Waals surface area contributed by atoms with Gasteiger partial charge in [0.2, 0.25) is 0 Å². The lowest BCUT2D eigenvalue weighted by Crippen LogP contribution is -2.18. The molecule has 17 heavy (non-hydrogen) atoms. The second-order valence-corrected chi connectivity index (χ2v) is 3.52. The normalized spacial score (nSPS) is 10.6. The number of methoxy groups -OCH3 is 1. The SMILES string of the molecule is COCCNCc1cnc(-c2cnccn2)[nH]1. The first-order chi connectivity index (χ1) is 8.40. The fraction of sp³-hybridized carbons (Fsp3) is 0.364. The van der Waals surface area contributed by atoms with Crippen LogP contribution in [-0.4, -0.2) is 40.2 Å². The highest BCUT2D eigenvalue weighted by atomic mass is 16.5. The van der Waals surface area contributed by atoms with Crippen LogP contribution in [0.3, 0.4) is 0 Å². The predicted octanol–water partition coefficient (Wildman–Crippen LogP) is 0.603. The van der Waals surface area contributed by atoms with Crippen LogP contribution in [0.25, 0.3) is 11.5 Å². The Balaban J connectivity index is 1.92. The maximum atomic E-state index is 4.95. The van der Waals surface area contributed by atoms with E-state index in [0.29, 0.717) is 6.61 Å². The third kappa shape index (κ3) is 3.33. The molecule has 0 amide bonds. The quantitative estimate of drug-likeness (QED) is 0.715. The molecule has 0 aliphatic carbocycles. The standard InChI is InChI=1S/C11H15N5O/c1-17-5-4-13-6-9-7-15-11(16-9)10-8-12-2-3-14-10/h2-3,7-8,13H,4-6H2,1H3,(H,15,16). The summed E-state index contributed by atoms with van der Waals surface area (Å²) in [6.07, 6.45) is 6.76. The van der Waals surface area contributed by atoms with Crippen LogP contribution in [0.15, 0.2) is 24.8 Å². The summed E-state index contributed by atoms with van der Waals surface area (Å²) in [5.41, 5.74) is 1.76. The second kappa shape index (κ2) is 6.07. The number of imidazole rings is 1. The molecule has 0 fully saturated rings. The number of rotatable bonds is 6. The number of nitrogens with zero attached hydrogens (tertiary/aromatic N) is 3. The van der Waals surface area contributed by atoms with Crippen molar-refractivity contribution >= 4 is 0 Å². The Hall–Kier alpha value is -1.79. The van der Waals surface area contributed by atoms with E-state index in [-0.39, 0.29) is 0 Å². The number of ether oxygens (including phenoxy) is 1. The van der Waals surface area contributed by atoms with E-state index >= 15 is 0 Å². The minimum atomic E-state index is 0.700. The Kier molecular flexibility index (Phi) is 4.17. The number of aromatic amines is 1. The number of hydrogen-bond acceptors (Lipinski definition) is 5. The number of aromatic nitrogens is 4. The van der Waals surface area contributed by atoms with Gasteiger partial charge >= 0.3 is 0 Å². The lowest BCUT2D eigenvalue weighted by Gasteiger charge is -2.01. The van der Waals surface area contributed by atoms with Crippen molar-refractivity contribution < 1.29 is 4.74 Å². The summed E-state index contributed by atoms with van der Waals surface area (Å²) in [7, 11) is 1.68. The van der Waals surface area contributed by atoms with Gasteiger partial charge in [0, 0.05) is 38.3 Å². The number of hydrogen-bond donors (Lipinski definition) is 2. The fourth-order valence-corrected chi connectivity index (χ4v) is 1.40. The van der Waals surface area contributed by atoms with Gasteiger partial charge in [-0.2, -0.15) is 0 Å². The summed E-state index contributed by atoms with van der Waals surface area (Å²) >= 11 is 0. The van der Waals surface area contributed by atoms with Crippen molar-refractivity contribution in [3.63, 3.8) is 0 Å². The van der Waals surface area contributed by atoms with Crippen LogP contribution in [0.1, 0.15) is 5.69 Å². The molecule has 0 saturated heterocycles. The van der Waals surface area contributed by atoms with E-state index in [9.17, 15) is 0 Å². The molecule has 2 heterocycles. The molecule has 2 aromatic rings. The molecule has 0 bridgehead atoms. The largest absolute Gasteiger partial charge is 0.383 e. The van der Waals surface area contributed by atoms with Crippen LogP contribution in [0, 0.1) is 0 Å². The highest BCUT2D eigenvalue weighted by Gasteiger charge is 2.03. The maximum absolute atomic E-state index is 4.95. The van der Waals surface area contributed by atoms with Gasteiger partial charge in [-0.25, -0.2) is 9.97 Å². The monoisotopic (exact) mass is 233 g/mol. The first-order valence-corrected chi connectivity index (χ1v) is 5.40. The lowest BCUT2D eigenvalue weighted by atomic mass is 10.4. The minimum Gasteiger partial charge on any atom is -0.383 e. The zero-order valence-electron chi connectivity index (χ0n) is 9.68. The van der Waals surface area contributed by atoms with Gasteiger partial charge in [-0.15, -0.1) is 0 Å². The Morgan fingerprint density at radius 2 is 2.24 bits per heavy atom. The molecule has 90 valence electrons. The van der Waals surface area contributed by atoms with Crippen molar-refractivity contribution in [2.75, 3.05) is 20.3 Å². The molecule has 6 heteroatoms. The molecular formula is C11H15N5O. The molecule has 2 aromatic heterocycles. The lowest BCUT2D eigenvalue weighted by molar-refractivity contribution is 0.199. The third-order valence-electron chi connectivity index (χ3n) is 2.23. The first kappa shape index (κ1) is 11.7. The summed E-state index contributed by atoms with van der Waals surface area (Å²) in [6.45, 7) is 2.25. The van der Waals surface area contributed by atoms with Crippen LogP contribution >= 0.6 is 0 Å². The smallest absolute Gasteiger partial charge is 0.157 e. The Bertz CT molecular complexity index is 442. The van der Waals surface area contributed by atoms with E-state index in [4.69, 9.17) is 4.74 Å². The molecule has 0 saturated carbocycles. The van der Waals surface area contributed by atoms with Gasteiger partial charge in [0.25, 0.3) is 0 Å². The van der Waals surface area contributed by atoms with E-state index in [1.54, 1.807) is 31.9 Å². The van der Waals surface area contributed by atoms with Gasteiger partial charge in [0.15, 0.2) is 5.82 Å². The van der Waals surface area contributed by atoms with E-state index in [2.05, 4.69) is 25.3 Å². The second-order valence-electron chi connectivity index (χ2n) is 3.52. The minimum absolute atomic E-state index is 0.700. The number of nitrogens with one attached hydrogen (secondary N) is 2. The predicted molar refractivity (Wildman–Crippen MR) is 63.2 cm³/mol. The Morgan fingerprint density at radius 3 is 3.00 bits per heavy atom. The molecule has 0 radical (unpaired) electrons. The van der Waals surface area contributed by atoms with Gasteiger partial charge in [0.05, 0.1) is 19.0 Å². The zero-order valence-corrected chi connectivity index (χ0v) is 9.68. The molecule has 2 N–H and O–H groups in total. The molecule has 6 nitrogen and oxygen atoms in total. The van der Waals surface area contributed by atoms with Crippen molar-refractivity contribution in [1.82, 2.24) is 25.3 Å². The van der Waals surface area contributed by atoms with E-state index in [1.807, 2.05) is 0 Å². The highest BCUT2D eigenvalue weighted by molar-refractivity contribution is 5.47. The molecule has 0 aromatic carbocycles. The van der Waals surface area contributed by atoms with Crippen LogP contribution in [0.4, 0.5) is 0 Å². The maximum Gasteiger partial charge on any atom is 0.157 e. The zero-order chi connectivity index (χ0) is 11.9. The van der Waals surface area contributed by atoms with Gasteiger partial charge in [-0.3, -0.25) is 4.98 Å². The van der Waals surface area contributed by atoms with E-state index < -0.39 is 0 Å². The van der Waals surface area contributed by atoms with E-state index in [1.165, 1.54) is 0 Å². The summed E-state index contributed by atoms with van der Waals surface area (Å²) in [4.78, 5) is 15.6. The Labute approximate surface area is 99.5 Å². The van der Waals surface area contributed by atoms with Crippen molar-refractivity contribution in [1.29, 1.82) is 0 Å². The average Bonchev–Trinajstić information content (AvgIpc) is 2.85. The van der Waals surface area contributed by atoms with Crippen LogP contribution < -0.4 is 5.32 Å². The Morgan fingerprint density at radius 1 is 1.29 bits per heavy atom. The number of H-pyrrole nitrogens is 1. The molecule has 0 aliphatic rings. The summed E-state index contributed by atoms with van der Waals surface area (Å²) in [6, 6.07) is 0. The fourth-order valence-electron chi connectivity index (χ4n) is 1.40. The van der Waals surface area contributed by atoms with Gasteiger partial charge < -0.3 is 15.0 Å². The van der Waals surface area contributed by atoms with Crippen molar-refractivity contribution in [3.8, 4) is 11.5 Å². The molecule has 0 aliphatic heterocycles. The van der Waals surface area contributed by atoms with Crippen molar-refractivity contribution in [3.05, 3.63) is 30.5 Å².